The largest absolute Gasteiger partial charge is 0.508 e. The molecule has 2 aromatic carbocycles. The lowest BCUT2D eigenvalue weighted by molar-refractivity contribution is -0.139. The van der Waals surface area contributed by atoms with Crippen LogP contribution >= 0.6 is 0 Å². The summed E-state index contributed by atoms with van der Waals surface area (Å²) < 4.78 is 6.02. The Kier molecular flexibility index (Phi) is 3.16. The van der Waals surface area contributed by atoms with E-state index in [1.54, 1.807) is 30.5 Å². The molecule has 6 nitrogen and oxygen atoms in total. The minimum atomic E-state index is -1.52. The van der Waals surface area contributed by atoms with Gasteiger partial charge in [-0.15, -0.1) is 0 Å². The summed E-state index contributed by atoms with van der Waals surface area (Å²) in [5.41, 5.74) is -0.902. The standard InChI is InChI=1S/C18H13N3O3/c22-14-6-8-15(9-7-14)24-18(13-4-2-1-3-5-13)17(23)21-11-10-19-12-16(21)20-18/h1-12,22H. The zero-order chi connectivity index (χ0) is 16.6. The molecule has 2 heterocycles. The summed E-state index contributed by atoms with van der Waals surface area (Å²) in [4.78, 5) is 23.0. The van der Waals surface area contributed by atoms with E-state index in [4.69, 9.17) is 4.74 Å². The van der Waals surface area contributed by atoms with E-state index in [0.29, 0.717) is 17.1 Å². The van der Waals surface area contributed by atoms with E-state index in [0.717, 1.165) is 0 Å². The smallest absolute Gasteiger partial charge is 0.308 e. The predicted molar refractivity (Wildman–Crippen MR) is 88.8 cm³/mol. The predicted octanol–water partition coefficient (Wildman–Crippen LogP) is 2.42. The maximum Gasteiger partial charge on any atom is 0.308 e. The third kappa shape index (κ3) is 2.16. The van der Waals surface area contributed by atoms with Crippen LogP contribution in [-0.4, -0.2) is 28.0 Å². The molecule has 2 aliphatic rings. The van der Waals surface area contributed by atoms with Crippen molar-refractivity contribution < 1.29 is 14.6 Å². The number of nitrogens with zero attached hydrogens (tertiary/aromatic N) is 3. The zero-order valence-corrected chi connectivity index (χ0v) is 12.5. The molecular formula is C18H13N3O3. The summed E-state index contributed by atoms with van der Waals surface area (Å²) in [6.07, 6.45) is 4.60. The second-order valence-corrected chi connectivity index (χ2v) is 5.33. The SMILES string of the molecule is O=C1N2C=CN=CC2=NC1(Oc1ccc(O)cc1)c1ccccc1. The Morgan fingerprint density at radius 1 is 1.04 bits per heavy atom. The van der Waals surface area contributed by atoms with Crippen molar-refractivity contribution >= 4 is 18.0 Å². The van der Waals surface area contributed by atoms with Crippen molar-refractivity contribution in [1.29, 1.82) is 0 Å². The van der Waals surface area contributed by atoms with Crippen LogP contribution in [-0.2, 0) is 10.5 Å². The molecule has 0 aliphatic carbocycles. The third-order valence-corrected chi connectivity index (χ3v) is 3.79. The van der Waals surface area contributed by atoms with Gasteiger partial charge in [-0.1, -0.05) is 30.3 Å². The van der Waals surface area contributed by atoms with Crippen molar-refractivity contribution in [2.75, 3.05) is 0 Å². The number of rotatable bonds is 3. The number of aromatic hydroxyl groups is 1. The first-order chi connectivity index (χ1) is 11.7. The minimum Gasteiger partial charge on any atom is -0.508 e. The minimum absolute atomic E-state index is 0.118. The molecule has 118 valence electrons. The number of phenols is 1. The Morgan fingerprint density at radius 2 is 1.79 bits per heavy atom. The van der Waals surface area contributed by atoms with Crippen LogP contribution in [0, 0.1) is 0 Å². The van der Waals surface area contributed by atoms with Crippen LogP contribution in [0.2, 0.25) is 0 Å². The molecule has 1 N–H and O–H groups in total. The third-order valence-electron chi connectivity index (χ3n) is 3.79. The number of ether oxygens (including phenoxy) is 1. The van der Waals surface area contributed by atoms with Crippen LogP contribution in [0.1, 0.15) is 5.56 Å². The number of carbonyl (C=O) groups is 1. The number of hydrogen-bond acceptors (Lipinski definition) is 5. The fraction of sp³-hybridized carbons (Fsp3) is 0.0556. The lowest BCUT2D eigenvalue weighted by Crippen LogP contribution is -2.43. The van der Waals surface area contributed by atoms with Gasteiger partial charge in [0.15, 0.2) is 5.84 Å². The Morgan fingerprint density at radius 3 is 2.50 bits per heavy atom. The van der Waals surface area contributed by atoms with Crippen molar-refractivity contribution in [3.8, 4) is 11.5 Å². The van der Waals surface area contributed by atoms with Gasteiger partial charge in [-0.2, -0.15) is 0 Å². The van der Waals surface area contributed by atoms with Gasteiger partial charge in [-0.05, 0) is 24.3 Å². The first kappa shape index (κ1) is 14.2. The first-order valence-electron chi connectivity index (χ1n) is 7.36. The number of phenolic OH excluding ortho intramolecular Hbond substituents is 1. The lowest BCUT2D eigenvalue weighted by Gasteiger charge is -2.26. The van der Waals surface area contributed by atoms with Gasteiger partial charge in [0.1, 0.15) is 11.5 Å². The van der Waals surface area contributed by atoms with Crippen LogP contribution in [0.15, 0.2) is 77.0 Å². The molecule has 0 saturated heterocycles. The molecule has 2 aliphatic heterocycles. The summed E-state index contributed by atoms with van der Waals surface area (Å²) in [5.74, 6) is 0.645. The van der Waals surface area contributed by atoms with E-state index >= 15 is 0 Å². The van der Waals surface area contributed by atoms with Crippen molar-refractivity contribution in [1.82, 2.24) is 4.90 Å². The molecule has 4 rings (SSSR count). The van der Waals surface area contributed by atoms with Gasteiger partial charge in [0.2, 0.25) is 0 Å². The van der Waals surface area contributed by atoms with E-state index in [9.17, 15) is 9.90 Å². The number of fused-ring (bicyclic) bond motifs is 1. The Labute approximate surface area is 138 Å². The van der Waals surface area contributed by atoms with Gasteiger partial charge >= 0.3 is 11.6 Å². The van der Waals surface area contributed by atoms with Crippen molar-refractivity contribution in [2.24, 2.45) is 9.98 Å². The Bertz CT molecular complexity index is 872. The van der Waals surface area contributed by atoms with Crippen molar-refractivity contribution in [2.45, 2.75) is 5.72 Å². The average Bonchev–Trinajstić information content (AvgIpc) is 2.91. The van der Waals surface area contributed by atoms with E-state index in [1.165, 1.54) is 29.4 Å². The van der Waals surface area contributed by atoms with Gasteiger partial charge in [0.05, 0.1) is 6.21 Å². The molecule has 0 saturated carbocycles. The number of amidine groups is 1. The lowest BCUT2D eigenvalue weighted by atomic mass is 10.0. The second kappa shape index (κ2) is 5.34. The van der Waals surface area contributed by atoms with Crippen LogP contribution in [0.4, 0.5) is 0 Å². The van der Waals surface area contributed by atoms with Crippen LogP contribution < -0.4 is 4.74 Å². The molecular weight excluding hydrogens is 306 g/mol. The molecule has 1 atom stereocenters. The summed E-state index contributed by atoms with van der Waals surface area (Å²) in [6, 6.07) is 15.3. The number of aliphatic imine (C=N–C) groups is 2. The Balaban J connectivity index is 1.84. The molecule has 6 heteroatoms. The monoisotopic (exact) mass is 319 g/mol. The van der Waals surface area contributed by atoms with Crippen LogP contribution in [0.25, 0.3) is 0 Å². The molecule has 0 bridgehead atoms. The fourth-order valence-electron chi connectivity index (χ4n) is 2.64. The molecule has 0 fully saturated rings. The van der Waals surface area contributed by atoms with Crippen LogP contribution in [0.3, 0.4) is 0 Å². The highest BCUT2D eigenvalue weighted by Crippen LogP contribution is 2.37. The summed E-state index contributed by atoms with van der Waals surface area (Å²) in [5, 5.41) is 9.43. The van der Waals surface area contributed by atoms with Crippen LogP contribution in [0.5, 0.6) is 11.5 Å². The highest BCUT2D eigenvalue weighted by Gasteiger charge is 2.52. The summed E-state index contributed by atoms with van der Waals surface area (Å²) in [6.45, 7) is 0. The maximum atomic E-state index is 13.1. The maximum absolute atomic E-state index is 13.1. The van der Waals surface area contributed by atoms with Gasteiger partial charge in [-0.25, -0.2) is 4.99 Å². The first-order valence-corrected chi connectivity index (χ1v) is 7.36. The average molecular weight is 319 g/mol. The van der Waals surface area contributed by atoms with Gasteiger partial charge in [-0.3, -0.25) is 14.7 Å². The molecule has 0 aromatic heterocycles. The molecule has 0 radical (unpaired) electrons. The summed E-state index contributed by atoms with van der Waals surface area (Å²) >= 11 is 0. The molecule has 1 amide bonds. The number of hydrogen-bond donors (Lipinski definition) is 1. The van der Waals surface area contributed by atoms with E-state index in [-0.39, 0.29) is 11.7 Å². The number of benzene rings is 2. The molecule has 2 aromatic rings. The topological polar surface area (TPSA) is 74.5 Å². The van der Waals surface area contributed by atoms with Gasteiger partial charge in [0.25, 0.3) is 0 Å². The van der Waals surface area contributed by atoms with Gasteiger partial charge < -0.3 is 9.84 Å². The molecule has 24 heavy (non-hydrogen) atoms. The highest BCUT2D eigenvalue weighted by molar-refractivity contribution is 6.36. The van der Waals surface area contributed by atoms with E-state index in [2.05, 4.69) is 9.98 Å². The number of carbonyl (C=O) groups excluding carboxylic acids is 1. The Hall–Kier alpha value is -3.41. The number of amides is 1. The van der Waals surface area contributed by atoms with Crippen molar-refractivity contribution in [3.05, 3.63) is 72.6 Å². The quantitative estimate of drug-likeness (QED) is 0.944. The highest BCUT2D eigenvalue weighted by atomic mass is 16.5. The second-order valence-electron chi connectivity index (χ2n) is 5.33. The normalized spacial score (nSPS) is 21.6. The van der Waals surface area contributed by atoms with E-state index in [1.807, 2.05) is 18.2 Å². The zero-order valence-electron chi connectivity index (χ0n) is 12.5. The van der Waals surface area contributed by atoms with Crippen molar-refractivity contribution in [3.63, 3.8) is 0 Å². The fourth-order valence-corrected chi connectivity index (χ4v) is 2.64. The van der Waals surface area contributed by atoms with E-state index < -0.39 is 5.72 Å². The van der Waals surface area contributed by atoms with Gasteiger partial charge in [0, 0.05) is 18.0 Å². The molecule has 1 unspecified atom stereocenters. The summed E-state index contributed by atoms with van der Waals surface area (Å²) in [7, 11) is 0. The molecule has 0 spiro atoms.